The van der Waals surface area contributed by atoms with Crippen molar-refractivity contribution < 1.29 is 63.0 Å². The fourth-order valence-electron chi connectivity index (χ4n) is 8.75. The summed E-state index contributed by atoms with van der Waals surface area (Å²) in [5, 5.41) is 30.9. The maximum Gasteiger partial charge on any atom is 0.226 e. The van der Waals surface area contributed by atoms with E-state index in [1.54, 1.807) is 0 Å². The highest BCUT2D eigenvalue weighted by atomic mass is 16.3. The van der Waals surface area contributed by atoms with Crippen LogP contribution in [0.1, 0.15) is 143 Å². The lowest BCUT2D eigenvalue weighted by molar-refractivity contribution is -0.136. The summed E-state index contributed by atoms with van der Waals surface area (Å²) in [7, 11) is 0. The molecule has 1 rings (SSSR count). The van der Waals surface area contributed by atoms with E-state index in [2.05, 4.69) is 31.3 Å². The van der Waals surface area contributed by atoms with Crippen molar-refractivity contribution in [3.63, 3.8) is 0 Å². The van der Waals surface area contributed by atoms with Gasteiger partial charge in [-0.05, 0) is 101 Å². The van der Waals surface area contributed by atoms with Crippen molar-refractivity contribution in [2.75, 3.05) is 19.6 Å². The second-order valence-corrected chi connectivity index (χ2v) is 21.5. The van der Waals surface area contributed by atoms with E-state index in [0.29, 0.717) is 18.4 Å². The molecule has 22 N–H and O–H groups in total. The largest absolute Gasteiger partial charge is 0.508 e. The molecule has 1 aromatic carbocycles. The molecule has 7 amide bonds. The SMILES string of the molecule is CC(C)C[C@H](NC(=O)[C@H](CCCCN)CC(=O)[C@H](CCCN=C(N)N)NC(=O)[C@@H](CC(=O)[C@H](CCC(N)=O)NC(=O)[C@H](CCC(N)=O)CC(=O)[C@H](CCCN=C(N)N)NC(=O)[C@@H](C)[C@@H](C)O)Cc1ccc(O)cc1)C(=O)C[C@@H](C)C(N)=O. The molecule has 82 heavy (non-hydrogen) atoms. The van der Waals surface area contributed by atoms with Crippen molar-refractivity contribution in [1.82, 2.24) is 21.3 Å². The minimum absolute atomic E-state index is 0.00302. The lowest BCUT2D eigenvalue weighted by atomic mass is 9.87. The maximum absolute atomic E-state index is 14.7. The first kappa shape index (κ1) is 72.5. The quantitative estimate of drug-likeness (QED) is 0.0201. The summed E-state index contributed by atoms with van der Waals surface area (Å²) in [6, 6.07) is 0.648. The Hall–Kier alpha value is -7.55. The molecule has 0 heterocycles. The number of nitrogens with one attached hydrogen (secondary N) is 4. The third-order valence-electron chi connectivity index (χ3n) is 13.8. The van der Waals surface area contributed by atoms with Crippen molar-refractivity contribution in [2.24, 2.45) is 91.4 Å². The van der Waals surface area contributed by atoms with Crippen LogP contribution in [0.25, 0.3) is 0 Å². The zero-order valence-electron chi connectivity index (χ0n) is 48.2. The third kappa shape index (κ3) is 29.8. The van der Waals surface area contributed by atoms with Gasteiger partial charge in [0.05, 0.1) is 36.2 Å². The Balaban J connectivity index is 3.81. The number of aliphatic hydroxyl groups excluding tert-OH is 1. The Morgan fingerprint density at radius 2 is 0.915 bits per heavy atom. The predicted molar refractivity (Wildman–Crippen MR) is 307 cm³/mol. The van der Waals surface area contributed by atoms with E-state index in [9.17, 15) is 63.0 Å². The number of guanidine groups is 2. The maximum atomic E-state index is 14.7. The van der Waals surface area contributed by atoms with Gasteiger partial charge in [-0.3, -0.25) is 62.7 Å². The number of ketones is 4. The van der Waals surface area contributed by atoms with E-state index in [-0.39, 0.29) is 114 Å². The Morgan fingerprint density at radius 1 is 0.500 bits per heavy atom. The molecule has 27 heteroatoms. The van der Waals surface area contributed by atoms with Gasteiger partial charge >= 0.3 is 0 Å². The van der Waals surface area contributed by atoms with Crippen LogP contribution in [0.4, 0.5) is 0 Å². The summed E-state index contributed by atoms with van der Waals surface area (Å²) in [6.07, 6.45) is -3.03. The number of carbonyl (C=O) groups excluding carboxylic acids is 11. The zero-order chi connectivity index (χ0) is 62.2. The number of phenols is 1. The number of Topliss-reactive ketones (excluding diaryl/α,β-unsaturated/α-hetero) is 4. The molecule has 1 aromatic rings. The van der Waals surface area contributed by atoms with Crippen LogP contribution in [-0.4, -0.2) is 137 Å². The summed E-state index contributed by atoms with van der Waals surface area (Å²) >= 11 is 0. The van der Waals surface area contributed by atoms with Gasteiger partial charge in [0.25, 0.3) is 0 Å². The van der Waals surface area contributed by atoms with Gasteiger partial charge in [-0.1, -0.05) is 46.2 Å². The lowest BCUT2D eigenvalue weighted by Crippen LogP contribution is -2.49. The molecule has 0 aromatic heterocycles. The van der Waals surface area contributed by atoms with Gasteiger partial charge in [0.15, 0.2) is 35.1 Å². The number of benzene rings is 1. The highest BCUT2D eigenvalue weighted by Gasteiger charge is 2.36. The molecule has 0 saturated heterocycles. The number of rotatable bonds is 44. The molecule has 0 spiro atoms. The predicted octanol–water partition coefficient (Wildman–Crippen LogP) is -1.49. The van der Waals surface area contributed by atoms with E-state index < -0.39 is 150 Å². The molecule has 460 valence electrons. The second kappa shape index (κ2) is 38.2. The van der Waals surface area contributed by atoms with Crippen LogP contribution in [0, 0.1) is 35.5 Å². The van der Waals surface area contributed by atoms with Crippen LogP contribution in [0.2, 0.25) is 0 Å². The highest BCUT2D eigenvalue weighted by molar-refractivity contribution is 5.98. The molecule has 0 bridgehead atoms. The fourth-order valence-corrected chi connectivity index (χ4v) is 8.75. The van der Waals surface area contributed by atoms with Crippen molar-refractivity contribution in [2.45, 2.75) is 174 Å². The van der Waals surface area contributed by atoms with Crippen molar-refractivity contribution in [1.29, 1.82) is 0 Å². The number of aromatic hydroxyl groups is 1. The average molecular weight is 1160 g/mol. The minimum Gasteiger partial charge on any atom is -0.508 e. The Bertz CT molecular complexity index is 2360. The van der Waals surface area contributed by atoms with Gasteiger partial charge in [0, 0.05) is 75.3 Å². The van der Waals surface area contributed by atoms with Crippen LogP contribution in [0.3, 0.4) is 0 Å². The van der Waals surface area contributed by atoms with Gasteiger partial charge in [-0.15, -0.1) is 0 Å². The third-order valence-corrected chi connectivity index (χ3v) is 13.8. The van der Waals surface area contributed by atoms with Crippen LogP contribution >= 0.6 is 0 Å². The van der Waals surface area contributed by atoms with Crippen molar-refractivity contribution >= 4 is 76.4 Å². The molecule has 0 aliphatic rings. The number of hydrogen-bond acceptors (Lipinski definition) is 16. The summed E-state index contributed by atoms with van der Waals surface area (Å²) < 4.78 is 0. The highest BCUT2D eigenvalue weighted by Crippen LogP contribution is 2.23. The first-order chi connectivity index (χ1) is 38.4. The molecular formula is C55H92N14O13. The first-order valence-corrected chi connectivity index (χ1v) is 27.9. The molecule has 27 nitrogen and oxygen atoms in total. The lowest BCUT2D eigenvalue weighted by Gasteiger charge is -2.27. The number of aliphatic hydroxyl groups is 1. The number of primary amides is 3. The number of amides is 7. The molecule has 0 aliphatic carbocycles. The van der Waals surface area contributed by atoms with Gasteiger partial charge in [-0.25, -0.2) is 0 Å². The number of unbranched alkanes of at least 4 members (excludes halogenated alkanes) is 1. The van der Waals surface area contributed by atoms with E-state index in [0.717, 1.165) is 0 Å². The van der Waals surface area contributed by atoms with Crippen LogP contribution in [0.5, 0.6) is 5.75 Å². The Kier molecular flexibility index (Phi) is 33.8. The molecule has 0 aliphatic heterocycles. The molecular weight excluding hydrogens is 1060 g/mol. The molecule has 0 radical (unpaired) electrons. The molecule has 0 saturated carbocycles. The minimum atomic E-state index is -1.53. The summed E-state index contributed by atoms with van der Waals surface area (Å²) in [4.78, 5) is 157. The van der Waals surface area contributed by atoms with Crippen LogP contribution in [-0.2, 0) is 59.2 Å². The Morgan fingerprint density at radius 3 is 1.35 bits per heavy atom. The topological polar surface area (TPSA) is 509 Å². The van der Waals surface area contributed by atoms with Crippen molar-refractivity contribution in [3.05, 3.63) is 29.8 Å². The van der Waals surface area contributed by atoms with E-state index in [1.165, 1.54) is 45.0 Å². The zero-order valence-corrected chi connectivity index (χ0v) is 48.2. The summed E-state index contributed by atoms with van der Waals surface area (Å²) in [6.45, 7) is 8.43. The van der Waals surface area contributed by atoms with E-state index >= 15 is 0 Å². The Labute approximate surface area is 479 Å². The number of hydrogen-bond donors (Lipinski definition) is 14. The van der Waals surface area contributed by atoms with Crippen molar-refractivity contribution in [3.8, 4) is 5.75 Å². The molecule has 0 unspecified atom stereocenters. The van der Waals surface area contributed by atoms with Gasteiger partial charge < -0.3 is 77.3 Å². The van der Waals surface area contributed by atoms with E-state index in [4.69, 9.17) is 45.9 Å². The number of nitrogens with two attached hydrogens (primary N) is 8. The van der Waals surface area contributed by atoms with Gasteiger partial charge in [0.2, 0.25) is 41.4 Å². The smallest absolute Gasteiger partial charge is 0.226 e. The standard InChI is InChI=1S/C55H92N14O13/c1-30(2)24-42(43(72)25-31(3)49(59)78)69-51(80)35(10-6-7-21-56)27-44(73)40(12-9-23-65-55(62)63)67-53(82)37(26-34-13-16-38(71)17-14-34)29-46(75)41(18-20-48(58)77)68-52(81)36(15-19-47(57)76)28-45(74)39(11-8-22-64-54(60)61)66-50(79)32(4)33(5)70/h13-14,16-17,30-33,35-37,39-42,70-71H,6-12,15,18-29,56H2,1-5H3,(H2,57,76)(H2,58,77)(H2,59,78)(H,66,79)(H,67,82)(H,68,81)(H,69,80)(H4,60,61,64)(H4,62,63,65)/t31-,32+,33-,35-,36-,37-,39+,40+,41+,42+/m1/s1. The number of aliphatic imine (C=N–C) groups is 2. The number of nitrogens with zero attached hydrogens (tertiary/aromatic N) is 2. The molecule has 10 atom stereocenters. The van der Waals surface area contributed by atoms with Gasteiger partial charge in [0.1, 0.15) is 5.75 Å². The molecule has 0 fully saturated rings. The monoisotopic (exact) mass is 1160 g/mol. The van der Waals surface area contributed by atoms with Crippen LogP contribution in [0.15, 0.2) is 34.3 Å². The number of carbonyl (C=O) groups is 11. The van der Waals surface area contributed by atoms with Gasteiger partial charge in [-0.2, -0.15) is 0 Å². The van der Waals surface area contributed by atoms with Crippen LogP contribution < -0.4 is 67.1 Å². The first-order valence-electron chi connectivity index (χ1n) is 27.9. The summed E-state index contributed by atoms with van der Waals surface area (Å²) in [5.41, 5.74) is 44.7. The number of phenolic OH excluding ortho intramolecular Hbond substituents is 1. The normalized spacial score (nSPS) is 14.8. The average Bonchev–Trinajstić information content (AvgIpc) is 3.48. The summed E-state index contributed by atoms with van der Waals surface area (Å²) in [5.74, 6) is -13.9. The fraction of sp³-hybridized carbons (Fsp3) is 0.655. The van der Waals surface area contributed by atoms with E-state index in [1.807, 2.05) is 13.8 Å². The second-order valence-electron chi connectivity index (χ2n) is 21.5.